The third-order valence-electron chi connectivity index (χ3n) is 3.40. The highest BCUT2D eigenvalue weighted by Crippen LogP contribution is 2.22. The zero-order valence-electron chi connectivity index (χ0n) is 12.2. The molecule has 0 aromatic carbocycles. The second-order valence-corrected chi connectivity index (χ2v) is 5.99. The molecule has 1 aromatic rings. The van der Waals surface area contributed by atoms with Crippen LogP contribution in [0.1, 0.15) is 26.0 Å². The van der Waals surface area contributed by atoms with E-state index in [4.69, 9.17) is 4.42 Å². The van der Waals surface area contributed by atoms with Crippen LogP contribution in [-0.4, -0.2) is 40.4 Å². The van der Waals surface area contributed by atoms with Crippen LogP contribution in [0.4, 0.5) is 0 Å². The molecule has 6 heteroatoms. The Morgan fingerprint density at radius 1 is 1.62 bits per heavy atom. The largest absolute Gasteiger partial charge is 0.465 e. The summed E-state index contributed by atoms with van der Waals surface area (Å²) in [6.45, 7) is 3.98. The van der Waals surface area contributed by atoms with Crippen molar-refractivity contribution < 1.29 is 14.0 Å². The van der Waals surface area contributed by atoms with E-state index in [0.717, 1.165) is 6.42 Å². The normalized spacial score (nSPS) is 19.9. The first-order chi connectivity index (χ1) is 10.1. The van der Waals surface area contributed by atoms with Gasteiger partial charge >= 0.3 is 0 Å². The fourth-order valence-corrected chi connectivity index (χ4v) is 3.12. The summed E-state index contributed by atoms with van der Waals surface area (Å²) in [5.41, 5.74) is 0. The number of hydrogen-bond donors (Lipinski definition) is 1. The highest BCUT2D eigenvalue weighted by atomic mass is 32.2. The molecule has 1 aliphatic heterocycles. The van der Waals surface area contributed by atoms with Crippen LogP contribution in [0, 0.1) is 0 Å². The van der Waals surface area contributed by atoms with Gasteiger partial charge in [0.2, 0.25) is 11.8 Å². The fourth-order valence-electron chi connectivity index (χ4n) is 1.95. The van der Waals surface area contributed by atoms with E-state index in [1.54, 1.807) is 41.1 Å². The Labute approximate surface area is 128 Å². The molecule has 2 amide bonds. The minimum atomic E-state index is -0.391. The average molecular weight is 308 g/mol. The molecular weight excluding hydrogens is 288 g/mol. The van der Waals surface area contributed by atoms with Crippen molar-refractivity contribution >= 4 is 29.7 Å². The molecule has 2 rings (SSSR count). The van der Waals surface area contributed by atoms with Crippen molar-refractivity contribution in [1.82, 2.24) is 10.2 Å². The van der Waals surface area contributed by atoms with Gasteiger partial charge in [-0.25, -0.2) is 0 Å². The van der Waals surface area contributed by atoms with E-state index < -0.39 is 6.04 Å². The number of thioether (sulfide) groups is 1. The van der Waals surface area contributed by atoms with Crippen LogP contribution < -0.4 is 5.32 Å². The second kappa shape index (κ2) is 7.36. The molecule has 0 radical (unpaired) electrons. The molecule has 1 aromatic heterocycles. The fraction of sp³-hybridized carbons (Fsp3) is 0.467. The van der Waals surface area contributed by atoms with Crippen LogP contribution in [0.15, 0.2) is 28.9 Å². The SMILES string of the molecule is CCC(C)NC(=O)C1CSCN1C(=O)/C=C/c1ccco1. The van der Waals surface area contributed by atoms with Crippen molar-refractivity contribution in [2.75, 3.05) is 11.6 Å². The van der Waals surface area contributed by atoms with Crippen molar-refractivity contribution in [1.29, 1.82) is 0 Å². The average Bonchev–Trinajstić information content (AvgIpc) is 3.15. The molecule has 0 aliphatic carbocycles. The minimum Gasteiger partial charge on any atom is -0.465 e. The van der Waals surface area contributed by atoms with E-state index >= 15 is 0 Å². The van der Waals surface area contributed by atoms with Crippen molar-refractivity contribution in [3.63, 3.8) is 0 Å². The van der Waals surface area contributed by atoms with Gasteiger partial charge < -0.3 is 14.6 Å². The number of hydrogen-bond acceptors (Lipinski definition) is 4. The van der Waals surface area contributed by atoms with Crippen LogP contribution in [0.3, 0.4) is 0 Å². The number of furan rings is 1. The van der Waals surface area contributed by atoms with Gasteiger partial charge in [0.15, 0.2) is 0 Å². The lowest BCUT2D eigenvalue weighted by Crippen LogP contribution is -2.48. The van der Waals surface area contributed by atoms with Gasteiger partial charge in [0.25, 0.3) is 0 Å². The van der Waals surface area contributed by atoms with Crippen LogP contribution >= 0.6 is 11.8 Å². The molecule has 1 saturated heterocycles. The molecule has 114 valence electrons. The first kappa shape index (κ1) is 15.7. The van der Waals surface area contributed by atoms with Crippen LogP contribution in [-0.2, 0) is 9.59 Å². The standard InChI is InChI=1S/C15H20N2O3S/c1-3-11(2)16-15(19)13-9-21-10-17(13)14(18)7-6-12-5-4-8-20-12/h4-8,11,13H,3,9-10H2,1-2H3,(H,16,19)/b7-6+. The van der Waals surface area contributed by atoms with Gasteiger partial charge in [-0.3, -0.25) is 9.59 Å². The quantitative estimate of drug-likeness (QED) is 0.846. The smallest absolute Gasteiger partial charge is 0.248 e. The summed E-state index contributed by atoms with van der Waals surface area (Å²) in [7, 11) is 0. The molecule has 1 N–H and O–H groups in total. The number of amides is 2. The van der Waals surface area contributed by atoms with E-state index in [-0.39, 0.29) is 17.9 Å². The van der Waals surface area contributed by atoms with Crippen molar-refractivity contribution in [2.45, 2.75) is 32.4 Å². The lowest BCUT2D eigenvalue weighted by Gasteiger charge is -2.23. The van der Waals surface area contributed by atoms with Crippen molar-refractivity contribution in [2.24, 2.45) is 0 Å². The van der Waals surface area contributed by atoms with Crippen LogP contribution in [0.5, 0.6) is 0 Å². The maximum Gasteiger partial charge on any atom is 0.248 e. The Bertz CT molecular complexity index is 513. The number of carbonyl (C=O) groups is 2. The predicted octanol–water partition coefficient (Wildman–Crippen LogP) is 2.11. The zero-order chi connectivity index (χ0) is 15.2. The summed E-state index contributed by atoms with van der Waals surface area (Å²) >= 11 is 1.59. The number of nitrogens with zero attached hydrogens (tertiary/aromatic N) is 1. The molecule has 2 unspecified atom stereocenters. The Kier molecular flexibility index (Phi) is 5.50. The molecule has 0 saturated carbocycles. The summed E-state index contributed by atoms with van der Waals surface area (Å²) < 4.78 is 5.15. The van der Waals surface area contributed by atoms with Gasteiger partial charge in [-0.05, 0) is 31.6 Å². The van der Waals surface area contributed by atoms with Gasteiger partial charge in [-0.15, -0.1) is 11.8 Å². The van der Waals surface area contributed by atoms with E-state index in [0.29, 0.717) is 17.4 Å². The maximum absolute atomic E-state index is 12.2. The van der Waals surface area contributed by atoms with E-state index in [2.05, 4.69) is 5.32 Å². The van der Waals surface area contributed by atoms with Crippen LogP contribution in [0.25, 0.3) is 6.08 Å². The number of rotatable bonds is 5. The summed E-state index contributed by atoms with van der Waals surface area (Å²) in [6, 6.07) is 3.27. The minimum absolute atomic E-state index is 0.0749. The lowest BCUT2D eigenvalue weighted by molar-refractivity contribution is -0.135. The van der Waals surface area contributed by atoms with Crippen LogP contribution in [0.2, 0.25) is 0 Å². The molecule has 1 aliphatic rings. The molecule has 0 bridgehead atoms. The van der Waals surface area contributed by atoms with Gasteiger partial charge in [0.05, 0.1) is 12.1 Å². The second-order valence-electron chi connectivity index (χ2n) is 4.99. The molecule has 21 heavy (non-hydrogen) atoms. The van der Waals surface area contributed by atoms with Gasteiger partial charge in [0.1, 0.15) is 11.8 Å². The molecule has 2 heterocycles. The first-order valence-electron chi connectivity index (χ1n) is 7.02. The van der Waals surface area contributed by atoms with Gasteiger partial charge in [-0.1, -0.05) is 6.92 Å². The van der Waals surface area contributed by atoms with E-state index in [1.807, 2.05) is 13.8 Å². The maximum atomic E-state index is 12.2. The molecule has 0 spiro atoms. The number of carbonyl (C=O) groups excluding carboxylic acids is 2. The highest BCUT2D eigenvalue weighted by Gasteiger charge is 2.33. The third kappa shape index (κ3) is 4.14. The Morgan fingerprint density at radius 3 is 3.10 bits per heavy atom. The molecule has 5 nitrogen and oxygen atoms in total. The summed E-state index contributed by atoms with van der Waals surface area (Å²) in [5.74, 6) is 1.56. The summed E-state index contributed by atoms with van der Waals surface area (Å²) in [4.78, 5) is 26.0. The van der Waals surface area contributed by atoms with Crippen molar-refractivity contribution in [3.05, 3.63) is 30.2 Å². The first-order valence-corrected chi connectivity index (χ1v) is 8.17. The zero-order valence-corrected chi connectivity index (χ0v) is 13.1. The monoisotopic (exact) mass is 308 g/mol. The summed E-state index contributed by atoms with van der Waals surface area (Å²) in [6.07, 6.45) is 5.50. The Morgan fingerprint density at radius 2 is 2.43 bits per heavy atom. The Balaban J connectivity index is 1.97. The third-order valence-corrected chi connectivity index (χ3v) is 4.41. The molecule has 2 atom stereocenters. The van der Waals surface area contributed by atoms with E-state index in [9.17, 15) is 9.59 Å². The van der Waals surface area contributed by atoms with Gasteiger partial charge in [0, 0.05) is 17.9 Å². The van der Waals surface area contributed by atoms with Gasteiger partial charge in [-0.2, -0.15) is 0 Å². The topological polar surface area (TPSA) is 62.6 Å². The molecular formula is C15H20N2O3S. The van der Waals surface area contributed by atoms with Crippen molar-refractivity contribution in [3.8, 4) is 0 Å². The highest BCUT2D eigenvalue weighted by molar-refractivity contribution is 7.99. The summed E-state index contributed by atoms with van der Waals surface area (Å²) in [5, 5.41) is 2.94. The molecule has 1 fully saturated rings. The number of nitrogens with one attached hydrogen (secondary N) is 1. The Hall–Kier alpha value is -1.69. The lowest BCUT2D eigenvalue weighted by atomic mass is 10.2. The van der Waals surface area contributed by atoms with E-state index in [1.165, 1.54) is 6.08 Å². The predicted molar refractivity (Wildman–Crippen MR) is 83.6 cm³/mol.